The van der Waals surface area contributed by atoms with E-state index in [1.165, 1.54) is 0 Å². The summed E-state index contributed by atoms with van der Waals surface area (Å²) in [4.78, 5) is 23.8. The third-order valence-corrected chi connectivity index (χ3v) is 3.86. The molecule has 0 aliphatic carbocycles. The number of ether oxygens (including phenoxy) is 1. The van der Waals surface area contributed by atoms with Gasteiger partial charge in [0, 0.05) is 11.4 Å². The van der Waals surface area contributed by atoms with E-state index in [9.17, 15) is 9.59 Å². The van der Waals surface area contributed by atoms with Gasteiger partial charge in [0.05, 0.1) is 12.2 Å². The zero-order chi connectivity index (χ0) is 18.5. The zero-order valence-corrected chi connectivity index (χ0v) is 14.3. The summed E-state index contributed by atoms with van der Waals surface area (Å²) in [5, 5.41) is 12.3. The number of carbonyl (C=O) groups is 1. The van der Waals surface area contributed by atoms with Gasteiger partial charge in [-0.25, -0.2) is 4.79 Å². The smallest absolute Gasteiger partial charge is 0.344 e. The molecule has 26 heavy (non-hydrogen) atoms. The Morgan fingerprint density at radius 1 is 1.19 bits per heavy atom. The van der Waals surface area contributed by atoms with Crippen LogP contribution in [0.15, 0.2) is 63.8 Å². The van der Waals surface area contributed by atoms with Crippen molar-refractivity contribution in [2.75, 3.05) is 13.2 Å². The van der Waals surface area contributed by atoms with Crippen molar-refractivity contribution in [1.29, 1.82) is 0 Å². The molecule has 134 valence electrons. The van der Waals surface area contributed by atoms with Crippen LogP contribution in [0.25, 0.3) is 22.1 Å². The number of rotatable bonds is 6. The summed E-state index contributed by atoms with van der Waals surface area (Å²) in [5.74, 6) is 0.191. The minimum atomic E-state index is -0.408. The fourth-order valence-corrected chi connectivity index (χ4v) is 2.50. The molecule has 1 atom stereocenters. The van der Waals surface area contributed by atoms with E-state index >= 15 is 0 Å². The largest absolute Gasteiger partial charge is 0.484 e. The van der Waals surface area contributed by atoms with Gasteiger partial charge in [0.1, 0.15) is 11.3 Å². The number of aliphatic hydroxyl groups is 1. The van der Waals surface area contributed by atoms with Crippen LogP contribution in [0.1, 0.15) is 6.92 Å². The van der Waals surface area contributed by atoms with Gasteiger partial charge in [-0.15, -0.1) is 0 Å². The number of aliphatic hydroxyl groups excluding tert-OH is 1. The minimum absolute atomic E-state index is 0.130. The first-order chi connectivity index (χ1) is 12.6. The van der Waals surface area contributed by atoms with E-state index in [2.05, 4.69) is 5.32 Å². The maximum atomic E-state index is 12.2. The number of nitrogens with one attached hydrogen (secondary N) is 1. The number of amides is 1. The van der Waals surface area contributed by atoms with Crippen molar-refractivity contribution in [3.63, 3.8) is 0 Å². The molecule has 1 aromatic heterocycles. The third-order valence-electron chi connectivity index (χ3n) is 3.86. The first-order valence-electron chi connectivity index (χ1n) is 8.23. The molecule has 0 unspecified atom stereocenters. The Labute approximate surface area is 150 Å². The molecule has 0 aliphatic heterocycles. The fraction of sp³-hybridized carbons (Fsp3) is 0.200. The van der Waals surface area contributed by atoms with Crippen LogP contribution >= 0.6 is 0 Å². The second kappa shape index (κ2) is 7.84. The highest BCUT2D eigenvalue weighted by Gasteiger charge is 2.09. The molecule has 0 bridgehead atoms. The summed E-state index contributed by atoms with van der Waals surface area (Å²) in [6.07, 6.45) is 0. The van der Waals surface area contributed by atoms with Crippen LogP contribution in [0, 0.1) is 0 Å². The Morgan fingerprint density at radius 2 is 1.92 bits per heavy atom. The van der Waals surface area contributed by atoms with Gasteiger partial charge < -0.3 is 19.6 Å². The molecule has 3 rings (SSSR count). The van der Waals surface area contributed by atoms with Crippen molar-refractivity contribution in [2.45, 2.75) is 13.0 Å². The average Bonchev–Trinajstić information content (AvgIpc) is 2.66. The monoisotopic (exact) mass is 353 g/mol. The Morgan fingerprint density at radius 3 is 2.65 bits per heavy atom. The summed E-state index contributed by atoms with van der Waals surface area (Å²) >= 11 is 0. The summed E-state index contributed by atoms with van der Waals surface area (Å²) in [7, 11) is 0. The fourth-order valence-electron chi connectivity index (χ4n) is 2.50. The van der Waals surface area contributed by atoms with Gasteiger partial charge in [-0.05, 0) is 36.8 Å². The minimum Gasteiger partial charge on any atom is -0.484 e. The Balaban J connectivity index is 1.73. The normalized spacial score (nSPS) is 11.9. The van der Waals surface area contributed by atoms with Gasteiger partial charge in [-0.3, -0.25) is 4.79 Å². The van der Waals surface area contributed by atoms with E-state index < -0.39 is 5.63 Å². The molecule has 6 heteroatoms. The molecule has 0 saturated carbocycles. The highest BCUT2D eigenvalue weighted by molar-refractivity contribution is 5.81. The van der Waals surface area contributed by atoms with Crippen molar-refractivity contribution in [2.24, 2.45) is 0 Å². The van der Waals surface area contributed by atoms with Crippen LogP contribution in [0.3, 0.4) is 0 Å². The molecule has 6 nitrogen and oxygen atoms in total. The molecule has 2 N–H and O–H groups in total. The number of fused-ring (bicyclic) bond motifs is 1. The first kappa shape index (κ1) is 17.7. The molecular formula is C20H19NO5. The lowest BCUT2D eigenvalue weighted by molar-refractivity contribution is -0.123. The lowest BCUT2D eigenvalue weighted by Crippen LogP contribution is -2.38. The average molecular weight is 353 g/mol. The lowest BCUT2D eigenvalue weighted by Gasteiger charge is -2.11. The maximum Gasteiger partial charge on any atom is 0.344 e. The number of benzene rings is 2. The predicted octanol–water partition coefficient (Wildman–Crippen LogP) is 2.34. The van der Waals surface area contributed by atoms with Crippen molar-refractivity contribution in [3.8, 4) is 16.9 Å². The van der Waals surface area contributed by atoms with Gasteiger partial charge >= 0.3 is 5.63 Å². The van der Waals surface area contributed by atoms with Crippen molar-refractivity contribution in [1.82, 2.24) is 5.32 Å². The predicted molar refractivity (Wildman–Crippen MR) is 98.1 cm³/mol. The molecule has 1 amide bonds. The van der Waals surface area contributed by atoms with E-state index in [-0.39, 0.29) is 25.2 Å². The van der Waals surface area contributed by atoms with Crippen molar-refractivity contribution in [3.05, 3.63) is 65.0 Å². The van der Waals surface area contributed by atoms with Gasteiger partial charge in [-0.1, -0.05) is 30.3 Å². The van der Waals surface area contributed by atoms with Crippen LogP contribution in [-0.4, -0.2) is 30.3 Å². The number of carbonyl (C=O) groups excluding carboxylic acids is 1. The van der Waals surface area contributed by atoms with Crippen molar-refractivity contribution < 1.29 is 19.1 Å². The molecule has 0 radical (unpaired) electrons. The Hall–Kier alpha value is -3.12. The Bertz CT molecular complexity index is 962. The van der Waals surface area contributed by atoms with E-state index in [1.807, 2.05) is 18.2 Å². The third kappa shape index (κ3) is 4.10. The van der Waals surface area contributed by atoms with Crippen LogP contribution in [0.4, 0.5) is 0 Å². The van der Waals surface area contributed by atoms with Gasteiger partial charge in [-0.2, -0.15) is 0 Å². The molecular weight excluding hydrogens is 334 g/mol. The first-order valence-corrected chi connectivity index (χ1v) is 8.23. The second-order valence-corrected chi connectivity index (χ2v) is 5.95. The summed E-state index contributed by atoms with van der Waals surface area (Å²) < 4.78 is 10.8. The highest BCUT2D eigenvalue weighted by atomic mass is 16.5. The van der Waals surface area contributed by atoms with Crippen LogP contribution in [-0.2, 0) is 4.79 Å². The number of para-hydroxylation sites is 1. The topological polar surface area (TPSA) is 88.8 Å². The van der Waals surface area contributed by atoms with E-state index in [4.69, 9.17) is 14.3 Å². The molecule has 3 aromatic rings. The van der Waals surface area contributed by atoms with E-state index in [0.29, 0.717) is 22.5 Å². The summed E-state index contributed by atoms with van der Waals surface area (Å²) in [5.41, 5.74) is 1.30. The van der Waals surface area contributed by atoms with E-state index in [0.717, 1.165) is 5.39 Å². The quantitative estimate of drug-likeness (QED) is 0.664. The maximum absolute atomic E-state index is 12.2. The number of hydrogen-bond donors (Lipinski definition) is 2. The SMILES string of the molecule is C[C@H](CO)NC(=O)COc1ccc(-c2cc3ccccc3oc2=O)cc1. The van der Waals surface area contributed by atoms with Gasteiger partial charge in [0.2, 0.25) is 0 Å². The standard InChI is InChI=1S/C20H19NO5/c1-13(11-22)21-19(23)12-25-16-8-6-14(7-9-16)17-10-15-4-2-3-5-18(15)26-20(17)24/h2-10,13,22H,11-12H2,1H3,(H,21,23)/t13-/m1/s1. The second-order valence-electron chi connectivity index (χ2n) is 5.95. The molecule has 0 fully saturated rings. The number of hydrogen-bond acceptors (Lipinski definition) is 5. The molecule has 0 spiro atoms. The zero-order valence-electron chi connectivity index (χ0n) is 14.3. The van der Waals surface area contributed by atoms with Crippen LogP contribution in [0.2, 0.25) is 0 Å². The molecule has 0 saturated heterocycles. The van der Waals surface area contributed by atoms with Gasteiger partial charge in [0.15, 0.2) is 6.61 Å². The molecule has 0 aliphatic rings. The van der Waals surface area contributed by atoms with E-state index in [1.54, 1.807) is 43.3 Å². The molecule has 2 aromatic carbocycles. The molecule has 1 heterocycles. The summed E-state index contributed by atoms with van der Waals surface area (Å²) in [6, 6.07) is 15.7. The Kier molecular flexibility index (Phi) is 5.34. The highest BCUT2D eigenvalue weighted by Crippen LogP contribution is 2.23. The van der Waals surface area contributed by atoms with Crippen LogP contribution in [0.5, 0.6) is 5.75 Å². The van der Waals surface area contributed by atoms with Crippen LogP contribution < -0.4 is 15.7 Å². The van der Waals surface area contributed by atoms with Crippen molar-refractivity contribution >= 4 is 16.9 Å². The van der Waals surface area contributed by atoms with Gasteiger partial charge in [0.25, 0.3) is 5.91 Å². The summed E-state index contributed by atoms with van der Waals surface area (Å²) in [6.45, 7) is 1.42. The lowest BCUT2D eigenvalue weighted by atomic mass is 10.1.